The number of anilines is 1. The number of carbonyl (C=O) groups excluding carboxylic acids is 1. The summed E-state index contributed by atoms with van der Waals surface area (Å²) in [5, 5.41) is 10.6. The highest BCUT2D eigenvalue weighted by Gasteiger charge is 2.24. The molecule has 4 aromatic rings. The third-order valence-corrected chi connectivity index (χ3v) is 6.06. The largest absolute Gasteiger partial charge is 0.407 e. The Bertz CT molecular complexity index is 1260. The number of hydrogen-bond acceptors (Lipinski definition) is 6. The van der Waals surface area contributed by atoms with Gasteiger partial charge in [0.1, 0.15) is 0 Å². The lowest BCUT2D eigenvalue weighted by Crippen LogP contribution is -2.22. The number of hydrogen-bond donors (Lipinski definition) is 1. The van der Waals surface area contributed by atoms with Crippen LogP contribution >= 0.6 is 0 Å². The molecule has 4 rings (SSSR count). The minimum atomic E-state index is -3.25. The average molecular weight is 448 g/mol. The first kappa shape index (κ1) is 21.5. The van der Waals surface area contributed by atoms with Gasteiger partial charge >= 0.3 is 6.01 Å². The fraction of sp³-hybridized carbons (Fsp3) is 0.125. The topological polar surface area (TPSA) is 102 Å². The normalized spacial score (nSPS) is 11.4. The highest BCUT2D eigenvalue weighted by Crippen LogP contribution is 2.26. The Morgan fingerprint density at radius 1 is 0.875 bits per heavy atom. The summed E-state index contributed by atoms with van der Waals surface area (Å²) in [6, 6.07) is 25.4. The van der Waals surface area contributed by atoms with Gasteiger partial charge in [0.05, 0.1) is 17.2 Å². The van der Waals surface area contributed by atoms with Crippen LogP contribution in [0.2, 0.25) is 0 Å². The zero-order valence-electron chi connectivity index (χ0n) is 17.3. The summed E-state index contributed by atoms with van der Waals surface area (Å²) >= 11 is 0. The molecular formula is C24H21N3O4S. The van der Waals surface area contributed by atoms with Gasteiger partial charge in [0, 0.05) is 6.26 Å². The average Bonchev–Trinajstić information content (AvgIpc) is 3.22. The molecule has 0 fully saturated rings. The summed E-state index contributed by atoms with van der Waals surface area (Å²) in [6.45, 7) is 0. The highest BCUT2D eigenvalue weighted by atomic mass is 32.2. The van der Waals surface area contributed by atoms with Gasteiger partial charge in [-0.3, -0.25) is 10.1 Å². The standard InChI is InChI=1S/C24H21N3O4S/c1-32(29,30)20-14-12-17(13-15-20)16-21-26-27-24(31-21)25-23(28)22(18-8-4-2-5-9-18)19-10-6-3-7-11-19/h2-15,22H,16H2,1H3,(H,25,27,28). The molecule has 0 spiro atoms. The lowest BCUT2D eigenvalue weighted by molar-refractivity contribution is -0.116. The molecule has 0 saturated carbocycles. The molecule has 0 aliphatic carbocycles. The van der Waals surface area contributed by atoms with E-state index in [9.17, 15) is 13.2 Å². The lowest BCUT2D eigenvalue weighted by atomic mass is 9.90. The molecule has 0 bridgehead atoms. The zero-order chi connectivity index (χ0) is 22.6. The monoisotopic (exact) mass is 447 g/mol. The first-order valence-corrected chi connectivity index (χ1v) is 11.8. The summed E-state index contributed by atoms with van der Waals surface area (Å²) in [4.78, 5) is 13.4. The Labute approximate surface area is 186 Å². The molecule has 0 atom stereocenters. The molecule has 0 saturated heterocycles. The fourth-order valence-electron chi connectivity index (χ4n) is 3.37. The van der Waals surface area contributed by atoms with Crippen LogP contribution in [0.25, 0.3) is 0 Å². The van der Waals surface area contributed by atoms with Crippen molar-refractivity contribution in [1.29, 1.82) is 0 Å². The van der Waals surface area contributed by atoms with Crippen LogP contribution in [0.4, 0.5) is 6.01 Å². The van der Waals surface area contributed by atoms with Gasteiger partial charge in [-0.25, -0.2) is 8.42 Å². The smallest absolute Gasteiger partial charge is 0.322 e. The summed E-state index contributed by atoms with van der Waals surface area (Å²) in [7, 11) is -3.25. The molecule has 32 heavy (non-hydrogen) atoms. The summed E-state index contributed by atoms with van der Waals surface area (Å²) in [5.41, 5.74) is 2.51. The molecule has 0 unspecified atom stereocenters. The Balaban J connectivity index is 1.50. The highest BCUT2D eigenvalue weighted by molar-refractivity contribution is 7.90. The van der Waals surface area contributed by atoms with Gasteiger partial charge in [-0.2, -0.15) is 0 Å². The lowest BCUT2D eigenvalue weighted by Gasteiger charge is -2.16. The second-order valence-corrected chi connectivity index (χ2v) is 9.35. The van der Waals surface area contributed by atoms with Gasteiger partial charge < -0.3 is 4.42 Å². The van der Waals surface area contributed by atoms with E-state index in [1.54, 1.807) is 12.1 Å². The van der Waals surface area contributed by atoms with E-state index < -0.39 is 15.8 Å². The van der Waals surface area contributed by atoms with Crippen molar-refractivity contribution in [2.75, 3.05) is 11.6 Å². The summed E-state index contributed by atoms with van der Waals surface area (Å²) in [5.74, 6) is -0.505. The minimum Gasteiger partial charge on any atom is -0.407 e. The van der Waals surface area contributed by atoms with Gasteiger partial charge in [-0.15, -0.1) is 5.10 Å². The predicted molar refractivity (Wildman–Crippen MR) is 120 cm³/mol. The molecule has 1 heterocycles. The van der Waals surface area contributed by atoms with Gasteiger partial charge in [0.15, 0.2) is 9.84 Å². The van der Waals surface area contributed by atoms with E-state index in [1.165, 1.54) is 12.1 Å². The Morgan fingerprint density at radius 2 is 1.44 bits per heavy atom. The number of sulfone groups is 1. The molecule has 3 aromatic carbocycles. The maximum Gasteiger partial charge on any atom is 0.322 e. The molecule has 8 heteroatoms. The van der Waals surface area contributed by atoms with E-state index in [-0.39, 0.29) is 16.8 Å². The van der Waals surface area contributed by atoms with Crippen molar-refractivity contribution in [2.24, 2.45) is 0 Å². The maximum absolute atomic E-state index is 13.1. The van der Waals surface area contributed by atoms with Crippen molar-refractivity contribution in [3.63, 3.8) is 0 Å². The fourth-order valence-corrected chi connectivity index (χ4v) is 4.00. The Hall–Kier alpha value is -3.78. The third kappa shape index (κ3) is 5.09. The van der Waals surface area contributed by atoms with Crippen LogP contribution in [-0.4, -0.2) is 30.8 Å². The van der Waals surface area contributed by atoms with Crippen LogP contribution < -0.4 is 5.32 Å². The quantitative estimate of drug-likeness (QED) is 0.462. The van der Waals surface area contributed by atoms with Crippen LogP contribution in [0.5, 0.6) is 0 Å². The second-order valence-electron chi connectivity index (χ2n) is 7.34. The molecule has 1 amide bonds. The predicted octanol–water partition coefficient (Wildman–Crippen LogP) is 3.83. The minimum absolute atomic E-state index is 0.00891. The van der Waals surface area contributed by atoms with Gasteiger partial charge in [-0.05, 0) is 28.8 Å². The number of nitrogens with one attached hydrogen (secondary N) is 1. The molecule has 1 aromatic heterocycles. The van der Waals surface area contributed by atoms with Crippen LogP contribution in [0.1, 0.15) is 28.5 Å². The van der Waals surface area contributed by atoms with Crippen LogP contribution in [-0.2, 0) is 21.1 Å². The molecule has 0 aliphatic heterocycles. The van der Waals surface area contributed by atoms with Gasteiger partial charge in [-0.1, -0.05) is 77.9 Å². The van der Waals surface area contributed by atoms with Crippen LogP contribution in [0.3, 0.4) is 0 Å². The van der Waals surface area contributed by atoms with Gasteiger partial charge in [0.2, 0.25) is 11.8 Å². The van der Waals surface area contributed by atoms with Crippen molar-refractivity contribution < 1.29 is 17.6 Å². The van der Waals surface area contributed by atoms with Crippen molar-refractivity contribution in [3.05, 3.63) is 108 Å². The first-order chi connectivity index (χ1) is 15.4. The number of amides is 1. The number of nitrogens with zero attached hydrogens (tertiary/aromatic N) is 2. The van der Waals surface area contributed by atoms with Crippen LogP contribution in [0.15, 0.2) is 94.2 Å². The maximum atomic E-state index is 13.1. The molecular weight excluding hydrogens is 426 g/mol. The molecule has 7 nitrogen and oxygen atoms in total. The van der Waals surface area contributed by atoms with E-state index in [4.69, 9.17) is 4.42 Å². The molecule has 0 aliphatic rings. The van der Waals surface area contributed by atoms with E-state index in [0.29, 0.717) is 12.3 Å². The molecule has 1 N–H and O–H groups in total. The molecule has 162 valence electrons. The number of aromatic nitrogens is 2. The van der Waals surface area contributed by atoms with E-state index in [0.717, 1.165) is 22.9 Å². The van der Waals surface area contributed by atoms with Gasteiger partial charge in [0.25, 0.3) is 0 Å². The van der Waals surface area contributed by atoms with E-state index >= 15 is 0 Å². The van der Waals surface area contributed by atoms with E-state index in [2.05, 4.69) is 15.5 Å². The first-order valence-electron chi connectivity index (χ1n) is 9.92. The SMILES string of the molecule is CS(=O)(=O)c1ccc(Cc2nnc(NC(=O)C(c3ccccc3)c3ccccc3)o2)cc1. The summed E-state index contributed by atoms with van der Waals surface area (Å²) in [6.07, 6.45) is 1.47. The van der Waals surface area contributed by atoms with Crippen LogP contribution in [0, 0.1) is 0 Å². The second kappa shape index (κ2) is 9.15. The number of benzene rings is 3. The third-order valence-electron chi connectivity index (χ3n) is 4.93. The number of rotatable bonds is 7. The van der Waals surface area contributed by atoms with Crippen molar-refractivity contribution >= 4 is 21.8 Å². The van der Waals surface area contributed by atoms with E-state index in [1.807, 2.05) is 60.7 Å². The summed E-state index contributed by atoms with van der Waals surface area (Å²) < 4.78 is 28.8. The Morgan fingerprint density at radius 3 is 1.97 bits per heavy atom. The number of carbonyl (C=O) groups is 1. The Kier molecular flexibility index (Phi) is 6.13. The van der Waals surface area contributed by atoms with Crippen molar-refractivity contribution in [2.45, 2.75) is 17.2 Å². The van der Waals surface area contributed by atoms with Crippen molar-refractivity contribution in [3.8, 4) is 0 Å². The van der Waals surface area contributed by atoms with Crippen molar-refractivity contribution in [1.82, 2.24) is 10.2 Å². The zero-order valence-corrected chi connectivity index (χ0v) is 18.1. The molecule has 0 radical (unpaired) electrons.